The maximum absolute atomic E-state index is 11.8. The Labute approximate surface area is 150 Å². The lowest BCUT2D eigenvalue weighted by atomic mass is 10.2. The van der Waals surface area contributed by atoms with Crippen LogP contribution in [-0.4, -0.2) is 38.9 Å². The Morgan fingerprint density at radius 3 is 2.38 bits per heavy atom. The number of ether oxygens (including phenoxy) is 2. The summed E-state index contributed by atoms with van der Waals surface area (Å²) in [5.41, 5.74) is 6.76. The summed E-state index contributed by atoms with van der Waals surface area (Å²) in [5, 5.41) is 6.36. The van der Waals surface area contributed by atoms with Gasteiger partial charge in [-0.3, -0.25) is 9.59 Å². The van der Waals surface area contributed by atoms with Crippen LogP contribution >= 0.6 is 0 Å². The normalized spacial score (nSPS) is 10.4. The summed E-state index contributed by atoms with van der Waals surface area (Å²) in [6, 6.07) is 11.4. The first-order valence-electron chi connectivity index (χ1n) is 7.60. The molecule has 8 heteroatoms. The molecule has 136 valence electrons. The van der Waals surface area contributed by atoms with Crippen LogP contribution in [0.4, 0.5) is 5.69 Å². The van der Waals surface area contributed by atoms with Crippen molar-refractivity contribution in [2.24, 2.45) is 10.9 Å². The van der Waals surface area contributed by atoms with Crippen LogP contribution in [0.3, 0.4) is 0 Å². The number of hydrogen-bond acceptors (Lipinski definition) is 6. The third kappa shape index (κ3) is 5.23. The molecule has 3 N–H and O–H groups in total. The summed E-state index contributed by atoms with van der Waals surface area (Å²) < 4.78 is 10.3. The van der Waals surface area contributed by atoms with Gasteiger partial charge in [-0.2, -0.15) is 0 Å². The fraction of sp³-hybridized carbons (Fsp3) is 0.167. The zero-order valence-corrected chi connectivity index (χ0v) is 14.4. The largest absolute Gasteiger partial charge is 0.493 e. The highest BCUT2D eigenvalue weighted by Crippen LogP contribution is 2.26. The number of benzene rings is 2. The van der Waals surface area contributed by atoms with Crippen molar-refractivity contribution in [1.82, 2.24) is 0 Å². The van der Waals surface area contributed by atoms with Crippen molar-refractivity contribution in [1.29, 1.82) is 0 Å². The lowest BCUT2D eigenvalue weighted by Crippen LogP contribution is -2.17. The number of carbonyl (C=O) groups excluding carboxylic acids is 2. The third-order valence-corrected chi connectivity index (χ3v) is 3.33. The Morgan fingerprint density at radius 1 is 1.08 bits per heavy atom. The summed E-state index contributed by atoms with van der Waals surface area (Å²) in [5.74, 6) is 0.248. The van der Waals surface area contributed by atoms with E-state index in [1.807, 2.05) is 0 Å². The van der Waals surface area contributed by atoms with Crippen LogP contribution in [0.15, 0.2) is 47.6 Å². The van der Waals surface area contributed by atoms with E-state index in [1.165, 1.54) is 25.5 Å². The molecule has 0 aliphatic rings. The van der Waals surface area contributed by atoms with Crippen LogP contribution in [-0.2, 0) is 9.63 Å². The highest BCUT2D eigenvalue weighted by atomic mass is 16.6. The van der Waals surface area contributed by atoms with E-state index in [-0.39, 0.29) is 12.5 Å². The van der Waals surface area contributed by atoms with Crippen molar-refractivity contribution in [3.05, 3.63) is 53.6 Å². The number of hydrogen-bond donors (Lipinski definition) is 2. The van der Waals surface area contributed by atoms with Gasteiger partial charge in [0.15, 0.2) is 18.1 Å². The number of primary amides is 1. The quantitative estimate of drug-likeness (QED) is 0.552. The van der Waals surface area contributed by atoms with Gasteiger partial charge in [0.1, 0.15) is 0 Å². The number of nitrogens with two attached hydrogens (primary N) is 1. The maximum atomic E-state index is 11.8. The van der Waals surface area contributed by atoms with E-state index < -0.39 is 5.91 Å². The van der Waals surface area contributed by atoms with E-state index in [2.05, 4.69) is 10.5 Å². The molecular formula is C18H19N3O5. The van der Waals surface area contributed by atoms with Gasteiger partial charge in [0.25, 0.3) is 5.91 Å². The Morgan fingerprint density at radius 2 is 1.77 bits per heavy atom. The molecule has 2 rings (SSSR count). The van der Waals surface area contributed by atoms with Gasteiger partial charge < -0.3 is 25.4 Å². The fourth-order valence-corrected chi connectivity index (χ4v) is 2.04. The summed E-state index contributed by atoms with van der Waals surface area (Å²) in [6.07, 6.45) is 1.46. The number of oxime groups is 1. The first kappa shape index (κ1) is 18.8. The van der Waals surface area contributed by atoms with Gasteiger partial charge in [-0.1, -0.05) is 5.16 Å². The average Bonchev–Trinajstić information content (AvgIpc) is 2.65. The minimum absolute atomic E-state index is 0.263. The van der Waals surface area contributed by atoms with Gasteiger partial charge >= 0.3 is 0 Å². The van der Waals surface area contributed by atoms with Crippen LogP contribution in [0.25, 0.3) is 0 Å². The Bertz CT molecular complexity index is 803. The second kappa shape index (κ2) is 9.07. The first-order chi connectivity index (χ1) is 12.5. The summed E-state index contributed by atoms with van der Waals surface area (Å²) in [7, 11) is 3.09. The van der Waals surface area contributed by atoms with E-state index in [0.29, 0.717) is 22.7 Å². The number of amides is 2. The molecule has 26 heavy (non-hydrogen) atoms. The highest BCUT2D eigenvalue weighted by Gasteiger charge is 2.05. The lowest BCUT2D eigenvalue weighted by Gasteiger charge is -2.07. The second-order valence-electron chi connectivity index (χ2n) is 5.11. The van der Waals surface area contributed by atoms with Crippen molar-refractivity contribution in [3.8, 4) is 11.5 Å². The number of carbonyl (C=O) groups is 2. The Hall–Kier alpha value is -3.55. The molecule has 0 unspecified atom stereocenters. The Balaban J connectivity index is 1.84. The SMILES string of the molecule is COc1ccc(/C=N/OCC(=O)Nc2ccc(C(N)=O)cc2)cc1OC. The molecule has 0 spiro atoms. The standard InChI is InChI=1S/C18H19N3O5/c1-24-15-8-3-12(9-16(15)25-2)10-20-26-11-17(22)21-14-6-4-13(5-7-14)18(19)23/h3-10H,11H2,1-2H3,(H2,19,23)(H,21,22)/b20-10+. The summed E-state index contributed by atoms with van der Waals surface area (Å²) >= 11 is 0. The monoisotopic (exact) mass is 357 g/mol. The number of methoxy groups -OCH3 is 2. The highest BCUT2D eigenvalue weighted by molar-refractivity contribution is 5.95. The van der Waals surface area contributed by atoms with Crippen LogP contribution in [0.1, 0.15) is 15.9 Å². The van der Waals surface area contributed by atoms with Crippen molar-refractivity contribution in [2.75, 3.05) is 26.1 Å². The van der Waals surface area contributed by atoms with Gasteiger partial charge in [-0.25, -0.2) is 0 Å². The molecule has 0 heterocycles. The van der Waals surface area contributed by atoms with Crippen molar-refractivity contribution < 1.29 is 23.9 Å². The molecule has 0 aliphatic carbocycles. The summed E-state index contributed by atoms with van der Waals surface area (Å²) in [4.78, 5) is 27.7. The molecule has 0 radical (unpaired) electrons. The minimum atomic E-state index is -0.532. The van der Waals surface area contributed by atoms with Gasteiger partial charge in [0.05, 0.1) is 20.4 Å². The molecule has 0 saturated carbocycles. The smallest absolute Gasteiger partial charge is 0.265 e. The first-order valence-corrected chi connectivity index (χ1v) is 7.60. The molecule has 8 nitrogen and oxygen atoms in total. The van der Waals surface area contributed by atoms with Crippen molar-refractivity contribution in [3.63, 3.8) is 0 Å². The molecular weight excluding hydrogens is 338 g/mol. The molecule has 0 bridgehead atoms. The topological polar surface area (TPSA) is 112 Å². The number of nitrogens with one attached hydrogen (secondary N) is 1. The van der Waals surface area contributed by atoms with E-state index in [4.69, 9.17) is 20.0 Å². The second-order valence-corrected chi connectivity index (χ2v) is 5.11. The van der Waals surface area contributed by atoms with Crippen molar-refractivity contribution in [2.45, 2.75) is 0 Å². The number of rotatable bonds is 8. The molecule has 0 saturated heterocycles. The van der Waals surface area contributed by atoms with E-state index in [9.17, 15) is 9.59 Å². The van der Waals surface area contributed by atoms with E-state index in [0.717, 1.165) is 5.56 Å². The van der Waals surface area contributed by atoms with Gasteiger partial charge in [0.2, 0.25) is 5.91 Å². The zero-order valence-electron chi connectivity index (χ0n) is 14.4. The zero-order chi connectivity index (χ0) is 18.9. The van der Waals surface area contributed by atoms with Crippen LogP contribution in [0, 0.1) is 0 Å². The molecule has 2 amide bonds. The van der Waals surface area contributed by atoms with Crippen LogP contribution in [0.5, 0.6) is 11.5 Å². The van der Waals surface area contributed by atoms with E-state index >= 15 is 0 Å². The van der Waals surface area contributed by atoms with E-state index in [1.54, 1.807) is 37.4 Å². The molecule has 0 atom stereocenters. The fourth-order valence-electron chi connectivity index (χ4n) is 2.04. The molecule has 0 aromatic heterocycles. The Kier molecular flexibility index (Phi) is 6.55. The molecule has 2 aromatic rings. The van der Waals surface area contributed by atoms with Crippen molar-refractivity contribution >= 4 is 23.7 Å². The van der Waals surface area contributed by atoms with Gasteiger partial charge in [-0.05, 0) is 42.5 Å². The molecule has 2 aromatic carbocycles. The third-order valence-electron chi connectivity index (χ3n) is 3.33. The molecule has 0 aliphatic heterocycles. The minimum Gasteiger partial charge on any atom is -0.493 e. The van der Waals surface area contributed by atoms with Gasteiger partial charge in [0, 0.05) is 16.8 Å². The lowest BCUT2D eigenvalue weighted by molar-refractivity contribution is -0.120. The predicted octanol–water partition coefficient (Wildman–Crippen LogP) is 1.79. The number of anilines is 1. The predicted molar refractivity (Wildman–Crippen MR) is 96.7 cm³/mol. The maximum Gasteiger partial charge on any atom is 0.265 e. The molecule has 0 fully saturated rings. The van der Waals surface area contributed by atoms with Gasteiger partial charge in [-0.15, -0.1) is 0 Å². The average molecular weight is 357 g/mol. The van der Waals surface area contributed by atoms with Crippen LogP contribution < -0.4 is 20.5 Å². The summed E-state index contributed by atoms with van der Waals surface area (Å²) in [6.45, 7) is -0.263. The van der Waals surface area contributed by atoms with Crippen LogP contribution in [0.2, 0.25) is 0 Å². The number of nitrogens with zero attached hydrogens (tertiary/aromatic N) is 1.